The van der Waals surface area contributed by atoms with E-state index in [1.54, 1.807) is 0 Å². The maximum absolute atomic E-state index is 12.5. The minimum Gasteiger partial charge on any atom is -0.368 e. The number of aromatic nitrogens is 2. The summed E-state index contributed by atoms with van der Waals surface area (Å²) in [5, 5.41) is 0. The van der Waals surface area contributed by atoms with Crippen molar-refractivity contribution in [3.8, 4) is 0 Å². The van der Waals surface area contributed by atoms with Crippen molar-refractivity contribution < 1.29 is 8.42 Å². The number of sulfonamides is 1. The topological polar surface area (TPSA) is 89.2 Å². The summed E-state index contributed by atoms with van der Waals surface area (Å²) in [5.74, 6) is 0.0704. The van der Waals surface area contributed by atoms with E-state index in [-0.39, 0.29) is 16.9 Å². The summed E-state index contributed by atoms with van der Waals surface area (Å²) in [6.07, 6.45) is 5.43. The number of nitrogens with zero attached hydrogens (tertiary/aromatic N) is 3. The molecule has 0 saturated heterocycles. The molecular weight excluding hydrogens is 264 g/mol. The molecule has 19 heavy (non-hydrogen) atoms. The van der Waals surface area contributed by atoms with Crippen molar-refractivity contribution in [3.05, 3.63) is 12.4 Å². The lowest BCUT2D eigenvalue weighted by Gasteiger charge is -2.25. The lowest BCUT2D eigenvalue weighted by Crippen LogP contribution is -2.37. The number of nitrogens with two attached hydrogens (primary N) is 1. The fourth-order valence-corrected chi connectivity index (χ4v) is 3.34. The molecule has 0 saturated carbocycles. The fourth-order valence-electron chi connectivity index (χ4n) is 1.77. The zero-order valence-corrected chi connectivity index (χ0v) is 12.5. The summed E-state index contributed by atoms with van der Waals surface area (Å²) >= 11 is 0. The van der Waals surface area contributed by atoms with E-state index < -0.39 is 10.0 Å². The Bertz CT molecular complexity index is 485. The van der Waals surface area contributed by atoms with Crippen LogP contribution in [-0.4, -0.2) is 35.3 Å². The third kappa shape index (κ3) is 4.14. The van der Waals surface area contributed by atoms with Gasteiger partial charge in [0, 0.05) is 12.6 Å². The van der Waals surface area contributed by atoms with E-state index >= 15 is 0 Å². The molecule has 0 aliphatic carbocycles. The first-order chi connectivity index (χ1) is 8.89. The quantitative estimate of drug-likeness (QED) is 0.770. The number of unbranched alkanes of at least 4 members (excludes halogenated alkanes) is 2. The third-order valence-electron chi connectivity index (χ3n) is 2.81. The van der Waals surface area contributed by atoms with Crippen LogP contribution in [0.5, 0.6) is 0 Å². The Morgan fingerprint density at radius 3 is 2.32 bits per heavy atom. The molecule has 0 bridgehead atoms. The summed E-state index contributed by atoms with van der Waals surface area (Å²) in [6.45, 7) is 6.32. The van der Waals surface area contributed by atoms with Gasteiger partial charge in [0.05, 0.1) is 12.4 Å². The van der Waals surface area contributed by atoms with Crippen LogP contribution < -0.4 is 5.73 Å². The largest absolute Gasteiger partial charge is 0.368 e. The molecule has 0 aliphatic heterocycles. The maximum Gasteiger partial charge on any atom is 0.246 e. The second-order valence-corrected chi connectivity index (χ2v) is 6.58. The van der Waals surface area contributed by atoms with Gasteiger partial charge in [-0.1, -0.05) is 19.8 Å². The standard InChI is InChI=1S/C12H22N4O2S/c1-4-5-6-7-16(10(2)3)19(17,18)11-8-14-12(13)15-9-11/h8-10H,4-7H2,1-3H3,(H2,13,14,15). The average molecular weight is 286 g/mol. The number of anilines is 1. The van der Waals surface area contributed by atoms with Gasteiger partial charge >= 0.3 is 0 Å². The van der Waals surface area contributed by atoms with Crippen molar-refractivity contribution in [2.75, 3.05) is 12.3 Å². The van der Waals surface area contributed by atoms with Crippen LogP contribution in [0.25, 0.3) is 0 Å². The summed E-state index contributed by atoms with van der Waals surface area (Å²) < 4.78 is 26.5. The Hall–Kier alpha value is -1.21. The van der Waals surface area contributed by atoms with E-state index in [1.807, 2.05) is 13.8 Å². The van der Waals surface area contributed by atoms with E-state index in [0.717, 1.165) is 19.3 Å². The first kappa shape index (κ1) is 15.8. The SMILES string of the molecule is CCCCCN(C(C)C)S(=O)(=O)c1cnc(N)nc1. The monoisotopic (exact) mass is 286 g/mol. The van der Waals surface area contributed by atoms with Gasteiger partial charge in [-0.2, -0.15) is 4.31 Å². The second-order valence-electron chi connectivity index (χ2n) is 4.69. The lowest BCUT2D eigenvalue weighted by molar-refractivity contribution is 0.345. The normalized spacial score (nSPS) is 12.3. The summed E-state index contributed by atoms with van der Waals surface area (Å²) in [5.41, 5.74) is 5.37. The number of rotatable bonds is 7. The Kier molecular flexibility index (Phi) is 5.68. The zero-order chi connectivity index (χ0) is 14.5. The summed E-state index contributed by atoms with van der Waals surface area (Å²) in [4.78, 5) is 7.58. The highest BCUT2D eigenvalue weighted by Gasteiger charge is 2.27. The van der Waals surface area contributed by atoms with Crippen LogP contribution >= 0.6 is 0 Å². The van der Waals surface area contributed by atoms with Crippen LogP contribution in [0.4, 0.5) is 5.95 Å². The molecule has 0 amide bonds. The summed E-state index contributed by atoms with van der Waals surface area (Å²) in [6, 6.07) is -0.0978. The van der Waals surface area contributed by atoms with Crippen LogP contribution in [0.2, 0.25) is 0 Å². The zero-order valence-electron chi connectivity index (χ0n) is 11.7. The van der Waals surface area contributed by atoms with Gasteiger partial charge < -0.3 is 5.73 Å². The lowest BCUT2D eigenvalue weighted by atomic mass is 10.2. The molecule has 1 aromatic rings. The van der Waals surface area contributed by atoms with Crippen molar-refractivity contribution in [1.82, 2.24) is 14.3 Å². The van der Waals surface area contributed by atoms with Crippen LogP contribution in [0.15, 0.2) is 17.3 Å². The molecule has 0 atom stereocenters. The molecule has 108 valence electrons. The Balaban J connectivity index is 2.96. The van der Waals surface area contributed by atoms with Crippen LogP contribution in [0.3, 0.4) is 0 Å². The molecule has 0 radical (unpaired) electrons. The van der Waals surface area contributed by atoms with Crippen molar-refractivity contribution in [3.63, 3.8) is 0 Å². The first-order valence-electron chi connectivity index (χ1n) is 6.49. The van der Waals surface area contributed by atoms with E-state index in [1.165, 1.54) is 16.7 Å². The molecule has 1 aromatic heterocycles. The minimum absolute atomic E-state index is 0.0704. The maximum atomic E-state index is 12.5. The molecule has 0 spiro atoms. The molecule has 0 fully saturated rings. The second kappa shape index (κ2) is 6.81. The van der Waals surface area contributed by atoms with Gasteiger partial charge in [-0.15, -0.1) is 0 Å². The van der Waals surface area contributed by atoms with E-state index in [0.29, 0.717) is 6.54 Å². The highest BCUT2D eigenvalue weighted by atomic mass is 32.2. The molecule has 1 rings (SSSR count). The van der Waals surface area contributed by atoms with Crippen molar-refractivity contribution in [1.29, 1.82) is 0 Å². The van der Waals surface area contributed by atoms with E-state index in [9.17, 15) is 8.42 Å². The molecule has 1 heterocycles. The molecule has 6 nitrogen and oxygen atoms in total. The van der Waals surface area contributed by atoms with Crippen LogP contribution in [-0.2, 0) is 10.0 Å². The van der Waals surface area contributed by atoms with Gasteiger partial charge in [0.2, 0.25) is 16.0 Å². The predicted octanol–water partition coefficient (Wildman–Crippen LogP) is 1.65. The predicted molar refractivity (Wildman–Crippen MR) is 75.0 cm³/mol. The molecule has 0 unspecified atom stereocenters. The number of hydrogen-bond acceptors (Lipinski definition) is 5. The highest BCUT2D eigenvalue weighted by molar-refractivity contribution is 7.89. The van der Waals surface area contributed by atoms with Gasteiger partial charge in [0.25, 0.3) is 0 Å². The third-order valence-corrected chi connectivity index (χ3v) is 4.84. The highest BCUT2D eigenvalue weighted by Crippen LogP contribution is 2.18. The number of hydrogen-bond donors (Lipinski definition) is 1. The fraction of sp³-hybridized carbons (Fsp3) is 0.667. The van der Waals surface area contributed by atoms with Crippen molar-refractivity contribution >= 4 is 16.0 Å². The Morgan fingerprint density at radius 1 is 1.26 bits per heavy atom. The molecule has 7 heteroatoms. The van der Waals surface area contributed by atoms with E-state index in [2.05, 4.69) is 16.9 Å². The Labute approximate surface area is 115 Å². The molecule has 2 N–H and O–H groups in total. The van der Waals surface area contributed by atoms with Crippen molar-refractivity contribution in [2.45, 2.75) is 51.0 Å². The van der Waals surface area contributed by atoms with Crippen molar-refractivity contribution in [2.24, 2.45) is 0 Å². The summed E-state index contributed by atoms with van der Waals surface area (Å²) in [7, 11) is -3.54. The molecular formula is C12H22N4O2S. The smallest absolute Gasteiger partial charge is 0.246 e. The Morgan fingerprint density at radius 2 is 1.84 bits per heavy atom. The minimum atomic E-state index is -3.54. The number of nitrogen functional groups attached to an aromatic ring is 1. The van der Waals surface area contributed by atoms with Gasteiger partial charge in [0.15, 0.2) is 0 Å². The van der Waals surface area contributed by atoms with Gasteiger partial charge in [-0.3, -0.25) is 0 Å². The van der Waals surface area contributed by atoms with Crippen LogP contribution in [0, 0.1) is 0 Å². The first-order valence-corrected chi connectivity index (χ1v) is 7.93. The van der Waals surface area contributed by atoms with E-state index in [4.69, 9.17) is 5.73 Å². The molecule has 0 aromatic carbocycles. The van der Waals surface area contributed by atoms with Gasteiger partial charge in [-0.05, 0) is 20.3 Å². The average Bonchev–Trinajstić information content (AvgIpc) is 2.34. The van der Waals surface area contributed by atoms with Gasteiger partial charge in [-0.25, -0.2) is 18.4 Å². The molecule has 0 aliphatic rings. The van der Waals surface area contributed by atoms with Gasteiger partial charge in [0.1, 0.15) is 4.90 Å². The van der Waals surface area contributed by atoms with Crippen LogP contribution in [0.1, 0.15) is 40.0 Å².